The Morgan fingerprint density at radius 2 is 1.95 bits per heavy atom. The van der Waals surface area contributed by atoms with Gasteiger partial charge in [0.05, 0.1) is 0 Å². The van der Waals surface area contributed by atoms with E-state index in [1.807, 2.05) is 7.05 Å². The molecule has 0 aliphatic heterocycles. The molecule has 0 radical (unpaired) electrons. The zero-order chi connectivity index (χ0) is 14.5. The number of urea groups is 1. The number of nitrogens with one attached hydrogen (secondary N) is 2. The van der Waals surface area contributed by atoms with E-state index in [0.29, 0.717) is 31.8 Å². The normalized spacial score (nSPS) is 26.8. The first-order valence-electron chi connectivity index (χ1n) is 6.82. The zero-order valence-corrected chi connectivity index (χ0v) is 12.0. The number of likely N-dealkylation sites (N-methyl/N-ethyl adjacent to an activating group) is 2. The zero-order valence-electron chi connectivity index (χ0n) is 12.0. The van der Waals surface area contributed by atoms with Crippen LogP contribution in [0.15, 0.2) is 0 Å². The molecule has 1 rings (SSSR count). The molecule has 0 aromatic heterocycles. The Bertz CT molecular complexity index is 325. The van der Waals surface area contributed by atoms with E-state index in [1.54, 1.807) is 7.05 Å². The van der Waals surface area contributed by atoms with Crippen molar-refractivity contribution >= 4 is 12.0 Å². The summed E-state index contributed by atoms with van der Waals surface area (Å²) in [6, 6.07) is -0.313. The van der Waals surface area contributed by atoms with Crippen LogP contribution in [0.4, 0.5) is 4.79 Å². The van der Waals surface area contributed by atoms with Crippen LogP contribution in [0.2, 0.25) is 0 Å². The molecule has 0 bridgehead atoms. The molecule has 6 nitrogen and oxygen atoms in total. The molecule has 1 aliphatic rings. The first kappa shape index (κ1) is 15.8. The first-order chi connectivity index (χ1) is 8.91. The molecule has 3 N–H and O–H groups in total. The van der Waals surface area contributed by atoms with Crippen LogP contribution in [-0.4, -0.2) is 54.7 Å². The number of nitrogens with zero attached hydrogens (tertiary/aromatic N) is 1. The average Bonchev–Trinajstić information content (AvgIpc) is 2.38. The van der Waals surface area contributed by atoms with Crippen molar-refractivity contribution in [2.45, 2.75) is 38.1 Å². The van der Waals surface area contributed by atoms with Gasteiger partial charge in [0.2, 0.25) is 0 Å². The van der Waals surface area contributed by atoms with Crippen LogP contribution < -0.4 is 10.6 Å². The second-order valence-corrected chi connectivity index (χ2v) is 5.53. The van der Waals surface area contributed by atoms with Gasteiger partial charge in [0.15, 0.2) is 0 Å². The number of carbonyl (C=O) groups excluding carboxylic acids is 1. The molecule has 6 heteroatoms. The lowest BCUT2D eigenvalue weighted by Gasteiger charge is -2.37. The van der Waals surface area contributed by atoms with Crippen LogP contribution in [-0.2, 0) is 4.79 Å². The summed E-state index contributed by atoms with van der Waals surface area (Å²) in [4.78, 5) is 25.1. The number of hydrogen-bond acceptors (Lipinski definition) is 3. The van der Waals surface area contributed by atoms with Gasteiger partial charge >= 0.3 is 12.0 Å². The highest BCUT2D eigenvalue weighted by atomic mass is 16.4. The lowest BCUT2D eigenvalue weighted by molar-refractivity contribution is -0.146. The van der Waals surface area contributed by atoms with Crippen molar-refractivity contribution in [1.82, 2.24) is 15.5 Å². The van der Waals surface area contributed by atoms with Gasteiger partial charge in [0.25, 0.3) is 0 Å². The van der Waals surface area contributed by atoms with Crippen molar-refractivity contribution in [3.05, 3.63) is 0 Å². The van der Waals surface area contributed by atoms with Gasteiger partial charge in [-0.25, -0.2) is 9.59 Å². The smallest absolute Gasteiger partial charge is 0.329 e. The fraction of sp³-hybridized carbons (Fsp3) is 0.846. The maximum atomic E-state index is 12.0. The van der Waals surface area contributed by atoms with E-state index in [-0.39, 0.29) is 6.03 Å². The molecule has 1 fully saturated rings. The Hall–Kier alpha value is -1.30. The third kappa shape index (κ3) is 4.09. The highest BCUT2D eigenvalue weighted by molar-refractivity contribution is 5.86. The van der Waals surface area contributed by atoms with Gasteiger partial charge in [-0.2, -0.15) is 0 Å². The molecular weight excluding hydrogens is 246 g/mol. The van der Waals surface area contributed by atoms with E-state index >= 15 is 0 Å². The van der Waals surface area contributed by atoms with Crippen LogP contribution in [0.25, 0.3) is 0 Å². The highest BCUT2D eigenvalue weighted by Gasteiger charge is 2.42. The summed E-state index contributed by atoms with van der Waals surface area (Å²) in [5, 5.41) is 15.1. The van der Waals surface area contributed by atoms with Crippen molar-refractivity contribution in [3.63, 3.8) is 0 Å². The lowest BCUT2D eigenvalue weighted by Crippen LogP contribution is -2.59. The van der Waals surface area contributed by atoms with Crippen LogP contribution in [0, 0.1) is 5.92 Å². The van der Waals surface area contributed by atoms with Gasteiger partial charge < -0.3 is 20.6 Å². The Labute approximate surface area is 114 Å². The van der Waals surface area contributed by atoms with Crippen molar-refractivity contribution in [2.24, 2.45) is 5.92 Å². The maximum Gasteiger partial charge on any atom is 0.329 e. The molecule has 2 amide bonds. The molecule has 110 valence electrons. The predicted molar refractivity (Wildman–Crippen MR) is 73.1 cm³/mol. The number of carboxylic acid groups (broad SMARTS) is 1. The van der Waals surface area contributed by atoms with E-state index in [2.05, 4.69) is 17.6 Å². The van der Waals surface area contributed by atoms with Gasteiger partial charge in [-0.15, -0.1) is 0 Å². The Morgan fingerprint density at radius 3 is 2.42 bits per heavy atom. The van der Waals surface area contributed by atoms with Crippen LogP contribution in [0.1, 0.15) is 32.6 Å². The van der Waals surface area contributed by atoms with Crippen LogP contribution in [0.5, 0.6) is 0 Å². The Morgan fingerprint density at radius 1 is 1.37 bits per heavy atom. The molecule has 1 aliphatic carbocycles. The van der Waals surface area contributed by atoms with E-state index < -0.39 is 11.5 Å². The summed E-state index contributed by atoms with van der Waals surface area (Å²) in [5.74, 6) is -0.388. The number of aliphatic carboxylic acids is 1. The molecule has 0 saturated heterocycles. The molecule has 0 heterocycles. The average molecular weight is 271 g/mol. The molecule has 0 atom stereocenters. The van der Waals surface area contributed by atoms with Crippen molar-refractivity contribution < 1.29 is 14.7 Å². The highest BCUT2D eigenvalue weighted by Crippen LogP contribution is 2.32. The number of carbonyl (C=O) groups is 2. The molecule has 0 unspecified atom stereocenters. The molecule has 0 spiro atoms. The number of carboxylic acids is 1. The summed E-state index contributed by atoms with van der Waals surface area (Å²) in [5.41, 5.74) is -1.09. The van der Waals surface area contributed by atoms with E-state index in [9.17, 15) is 14.7 Å². The second-order valence-electron chi connectivity index (χ2n) is 5.53. The standard InChI is InChI=1S/C13H25N3O3/c1-10-4-6-13(7-5-10,11(17)18)15-12(19)16(3)9-8-14-2/h10,14H,4-9H2,1-3H3,(H,15,19)(H,17,18). The molecule has 1 saturated carbocycles. The molecule has 19 heavy (non-hydrogen) atoms. The summed E-state index contributed by atoms with van der Waals surface area (Å²) >= 11 is 0. The number of rotatable bonds is 5. The second kappa shape index (κ2) is 6.75. The van der Waals surface area contributed by atoms with Gasteiger partial charge in [0, 0.05) is 20.1 Å². The SMILES string of the molecule is CNCCN(C)C(=O)NC1(C(=O)O)CCC(C)CC1. The quantitative estimate of drug-likeness (QED) is 0.693. The molecular formula is C13H25N3O3. The Balaban J connectivity index is 2.63. The molecule has 0 aromatic carbocycles. The predicted octanol–water partition coefficient (Wildman–Crippen LogP) is 0.881. The monoisotopic (exact) mass is 271 g/mol. The van der Waals surface area contributed by atoms with E-state index in [0.717, 1.165) is 12.8 Å². The minimum atomic E-state index is -1.09. The number of hydrogen-bond donors (Lipinski definition) is 3. The number of amides is 2. The maximum absolute atomic E-state index is 12.0. The van der Waals surface area contributed by atoms with Gasteiger partial charge in [-0.05, 0) is 38.6 Å². The Kier molecular flexibility index (Phi) is 5.60. The summed E-state index contributed by atoms with van der Waals surface area (Å²) < 4.78 is 0. The summed E-state index contributed by atoms with van der Waals surface area (Å²) in [7, 11) is 3.49. The largest absolute Gasteiger partial charge is 0.480 e. The van der Waals surface area contributed by atoms with Gasteiger partial charge in [-0.3, -0.25) is 0 Å². The lowest BCUT2D eigenvalue weighted by atomic mass is 9.77. The van der Waals surface area contributed by atoms with Crippen molar-refractivity contribution in [1.29, 1.82) is 0 Å². The minimum absolute atomic E-state index is 0.313. The topological polar surface area (TPSA) is 81.7 Å². The van der Waals surface area contributed by atoms with Crippen molar-refractivity contribution in [2.75, 3.05) is 27.2 Å². The van der Waals surface area contributed by atoms with E-state index in [4.69, 9.17) is 0 Å². The van der Waals surface area contributed by atoms with Crippen LogP contribution >= 0.6 is 0 Å². The van der Waals surface area contributed by atoms with Crippen molar-refractivity contribution in [3.8, 4) is 0 Å². The fourth-order valence-corrected chi connectivity index (χ4v) is 2.33. The van der Waals surface area contributed by atoms with Gasteiger partial charge in [0.1, 0.15) is 5.54 Å². The van der Waals surface area contributed by atoms with E-state index in [1.165, 1.54) is 4.90 Å². The minimum Gasteiger partial charge on any atom is -0.480 e. The molecule has 0 aromatic rings. The summed E-state index contributed by atoms with van der Waals surface area (Å²) in [6.07, 6.45) is 2.70. The summed E-state index contributed by atoms with van der Waals surface area (Å²) in [6.45, 7) is 3.35. The van der Waals surface area contributed by atoms with Crippen LogP contribution in [0.3, 0.4) is 0 Å². The first-order valence-corrected chi connectivity index (χ1v) is 6.82. The fourth-order valence-electron chi connectivity index (χ4n) is 2.33. The van der Waals surface area contributed by atoms with Gasteiger partial charge in [-0.1, -0.05) is 6.92 Å². The third-order valence-corrected chi connectivity index (χ3v) is 3.93. The third-order valence-electron chi connectivity index (χ3n) is 3.93.